The fraction of sp³-hybridized carbons (Fsp3) is 0.709. The maximum absolute atomic E-state index is 12.8. The standard InChI is InChI=1S/C55H92O10/c1-3-5-7-9-11-13-15-17-19-21-23-24-26-27-29-31-33-35-37-39-41-43-50(57)62-46-48(47-63-55-54(61)53(60)52(59)49(45-56)65-55)64-51(58)44-42-40-38-36-34-32-30-28-25-22-20-18-16-14-12-10-8-6-4-2/h6,8,12,14-15,17-18,20-21,23,25,28,32,34,48-49,52-56,59-61H,3-5,7,9-11,13,16,19,22,24,26-27,29-31,33,35-47H2,1-2H3/b8-6-,14-12-,17-15-,20-18-,23-21-,28-25-,34-32-. The van der Waals surface area contributed by atoms with Crippen LogP contribution in [0.15, 0.2) is 85.1 Å². The second kappa shape index (κ2) is 44.7. The van der Waals surface area contributed by atoms with E-state index in [2.05, 4.69) is 98.9 Å². The predicted octanol–water partition coefficient (Wildman–Crippen LogP) is 12.1. The molecule has 1 rings (SSSR count). The van der Waals surface area contributed by atoms with Gasteiger partial charge in [0, 0.05) is 12.8 Å². The van der Waals surface area contributed by atoms with Crippen molar-refractivity contribution in [3.63, 3.8) is 0 Å². The van der Waals surface area contributed by atoms with Crippen LogP contribution in [0.1, 0.15) is 194 Å². The van der Waals surface area contributed by atoms with Crippen molar-refractivity contribution in [2.45, 2.75) is 230 Å². The second-order valence-corrected chi connectivity index (χ2v) is 17.2. The number of esters is 2. The molecule has 6 unspecified atom stereocenters. The first-order chi connectivity index (χ1) is 31.8. The van der Waals surface area contributed by atoms with Crippen molar-refractivity contribution in [2.75, 3.05) is 19.8 Å². The summed E-state index contributed by atoms with van der Waals surface area (Å²) < 4.78 is 22.2. The lowest BCUT2D eigenvalue weighted by atomic mass is 9.99. The van der Waals surface area contributed by atoms with Gasteiger partial charge < -0.3 is 39.4 Å². The first-order valence-electron chi connectivity index (χ1n) is 25.7. The van der Waals surface area contributed by atoms with Gasteiger partial charge in [-0.3, -0.25) is 9.59 Å². The Balaban J connectivity index is 2.30. The molecule has 4 N–H and O–H groups in total. The Bertz CT molecular complexity index is 1330. The number of hydrogen-bond acceptors (Lipinski definition) is 10. The fourth-order valence-electron chi connectivity index (χ4n) is 7.24. The van der Waals surface area contributed by atoms with Crippen LogP contribution in [0.2, 0.25) is 0 Å². The zero-order valence-electron chi connectivity index (χ0n) is 40.7. The molecule has 0 saturated carbocycles. The predicted molar refractivity (Wildman–Crippen MR) is 265 cm³/mol. The van der Waals surface area contributed by atoms with E-state index in [-0.39, 0.29) is 26.1 Å². The summed E-state index contributed by atoms with van der Waals surface area (Å²) >= 11 is 0. The number of carbonyl (C=O) groups excluding carboxylic acids is 2. The SMILES string of the molecule is CC/C=C\C/C=C\C/C=C\C/C=C\C/C=C\CCCCCC(=O)OC(COC(=O)CCCCCCCCCCC/C=C\C/C=C\CCCCCCC)COC1OC(CO)C(O)C(O)C1O. The molecule has 1 aliphatic rings. The van der Waals surface area contributed by atoms with Gasteiger partial charge >= 0.3 is 11.9 Å². The number of rotatable bonds is 42. The molecule has 0 spiro atoms. The molecule has 1 heterocycles. The summed E-state index contributed by atoms with van der Waals surface area (Å²) in [6.45, 7) is 3.26. The lowest BCUT2D eigenvalue weighted by Crippen LogP contribution is -2.59. The molecule has 0 aromatic rings. The van der Waals surface area contributed by atoms with Crippen LogP contribution < -0.4 is 0 Å². The summed E-state index contributed by atoms with van der Waals surface area (Å²) in [5, 5.41) is 40.2. The minimum absolute atomic E-state index is 0.185. The lowest BCUT2D eigenvalue weighted by Gasteiger charge is -2.39. The molecule has 6 atom stereocenters. The molecule has 0 aromatic heterocycles. The van der Waals surface area contributed by atoms with Gasteiger partial charge in [0.1, 0.15) is 31.0 Å². The average molecular weight is 913 g/mol. The zero-order chi connectivity index (χ0) is 47.3. The van der Waals surface area contributed by atoms with Gasteiger partial charge in [-0.1, -0.05) is 176 Å². The van der Waals surface area contributed by atoms with Crippen LogP contribution in [0.5, 0.6) is 0 Å². The highest BCUT2D eigenvalue weighted by molar-refractivity contribution is 5.70. The number of aliphatic hydroxyl groups is 4. The smallest absolute Gasteiger partial charge is 0.306 e. The van der Waals surface area contributed by atoms with Crippen molar-refractivity contribution in [3.05, 3.63) is 85.1 Å². The molecule has 372 valence electrons. The van der Waals surface area contributed by atoms with E-state index in [1.54, 1.807) is 0 Å². The van der Waals surface area contributed by atoms with Crippen LogP contribution in [0.4, 0.5) is 0 Å². The van der Waals surface area contributed by atoms with E-state index in [1.165, 1.54) is 70.6 Å². The molecule has 10 heteroatoms. The highest BCUT2D eigenvalue weighted by atomic mass is 16.7. The number of carbonyl (C=O) groups is 2. The Morgan fingerprint density at radius 2 is 0.908 bits per heavy atom. The summed E-state index contributed by atoms with van der Waals surface area (Å²) in [6, 6.07) is 0. The maximum Gasteiger partial charge on any atom is 0.306 e. The van der Waals surface area contributed by atoms with E-state index in [0.717, 1.165) is 83.5 Å². The summed E-state index contributed by atoms with van der Waals surface area (Å²) in [4.78, 5) is 25.5. The van der Waals surface area contributed by atoms with Gasteiger partial charge in [0.15, 0.2) is 12.4 Å². The van der Waals surface area contributed by atoms with Gasteiger partial charge in [-0.05, 0) is 89.9 Å². The van der Waals surface area contributed by atoms with Crippen LogP contribution in [-0.4, -0.2) is 89.0 Å². The van der Waals surface area contributed by atoms with Crippen molar-refractivity contribution in [2.24, 2.45) is 0 Å². The zero-order valence-corrected chi connectivity index (χ0v) is 40.7. The van der Waals surface area contributed by atoms with Gasteiger partial charge in [0.2, 0.25) is 0 Å². The largest absolute Gasteiger partial charge is 0.462 e. The molecule has 1 fully saturated rings. The number of unbranched alkanes of at least 4 members (excludes halogenated alkanes) is 17. The Kier molecular flexibility index (Phi) is 41.2. The van der Waals surface area contributed by atoms with Crippen molar-refractivity contribution >= 4 is 11.9 Å². The highest BCUT2D eigenvalue weighted by Crippen LogP contribution is 2.23. The summed E-state index contributed by atoms with van der Waals surface area (Å²) in [6.07, 6.45) is 51.6. The maximum atomic E-state index is 12.8. The monoisotopic (exact) mass is 913 g/mol. The van der Waals surface area contributed by atoms with E-state index in [4.69, 9.17) is 18.9 Å². The third-order valence-electron chi connectivity index (χ3n) is 11.3. The molecule has 0 amide bonds. The molecular formula is C55H92O10. The molecule has 0 radical (unpaired) electrons. The topological polar surface area (TPSA) is 152 Å². The molecule has 65 heavy (non-hydrogen) atoms. The van der Waals surface area contributed by atoms with E-state index in [9.17, 15) is 30.0 Å². The summed E-state index contributed by atoms with van der Waals surface area (Å²) in [7, 11) is 0. The molecular weight excluding hydrogens is 821 g/mol. The number of hydrogen-bond donors (Lipinski definition) is 4. The number of aliphatic hydroxyl groups excluding tert-OH is 4. The quantitative estimate of drug-likeness (QED) is 0.0265. The van der Waals surface area contributed by atoms with Crippen LogP contribution >= 0.6 is 0 Å². The molecule has 0 bridgehead atoms. The van der Waals surface area contributed by atoms with Crippen LogP contribution in [0, 0.1) is 0 Å². The van der Waals surface area contributed by atoms with Crippen LogP contribution in [0.3, 0.4) is 0 Å². The van der Waals surface area contributed by atoms with Gasteiger partial charge in [0.25, 0.3) is 0 Å². The average Bonchev–Trinajstić information content (AvgIpc) is 3.30. The van der Waals surface area contributed by atoms with E-state index >= 15 is 0 Å². The third kappa shape index (κ3) is 35.7. The van der Waals surface area contributed by atoms with Crippen molar-refractivity contribution in [3.8, 4) is 0 Å². The summed E-state index contributed by atoms with van der Waals surface area (Å²) in [5.41, 5.74) is 0. The van der Waals surface area contributed by atoms with E-state index in [1.807, 2.05) is 0 Å². The Morgan fingerprint density at radius 1 is 0.492 bits per heavy atom. The first kappa shape index (κ1) is 59.9. The summed E-state index contributed by atoms with van der Waals surface area (Å²) in [5.74, 6) is -0.853. The first-order valence-corrected chi connectivity index (χ1v) is 25.7. The van der Waals surface area contributed by atoms with Crippen LogP contribution in [-0.2, 0) is 28.5 Å². The van der Waals surface area contributed by atoms with Crippen molar-refractivity contribution in [1.29, 1.82) is 0 Å². The highest BCUT2D eigenvalue weighted by Gasteiger charge is 2.44. The van der Waals surface area contributed by atoms with Crippen molar-refractivity contribution in [1.82, 2.24) is 0 Å². The van der Waals surface area contributed by atoms with Gasteiger partial charge in [0.05, 0.1) is 13.2 Å². The lowest BCUT2D eigenvalue weighted by molar-refractivity contribution is -0.305. The Morgan fingerprint density at radius 3 is 1.38 bits per heavy atom. The Hall–Kier alpha value is -3.12. The minimum Gasteiger partial charge on any atom is -0.462 e. The second-order valence-electron chi connectivity index (χ2n) is 17.2. The fourth-order valence-corrected chi connectivity index (χ4v) is 7.24. The molecule has 0 aliphatic carbocycles. The molecule has 1 saturated heterocycles. The Labute approximate surface area is 395 Å². The van der Waals surface area contributed by atoms with Crippen LogP contribution in [0.25, 0.3) is 0 Å². The normalized spacial score (nSPS) is 20.0. The number of ether oxygens (including phenoxy) is 4. The number of allylic oxidation sites excluding steroid dienone is 14. The molecule has 10 nitrogen and oxygen atoms in total. The van der Waals surface area contributed by atoms with Gasteiger partial charge in [-0.25, -0.2) is 0 Å². The minimum atomic E-state index is -1.61. The van der Waals surface area contributed by atoms with E-state index < -0.39 is 55.4 Å². The molecule has 1 aliphatic heterocycles. The van der Waals surface area contributed by atoms with E-state index in [0.29, 0.717) is 12.8 Å². The van der Waals surface area contributed by atoms with Crippen molar-refractivity contribution < 1.29 is 49.0 Å². The molecule has 0 aromatic carbocycles. The van der Waals surface area contributed by atoms with Gasteiger partial charge in [-0.2, -0.15) is 0 Å². The third-order valence-corrected chi connectivity index (χ3v) is 11.3. The van der Waals surface area contributed by atoms with Gasteiger partial charge in [-0.15, -0.1) is 0 Å².